The maximum atomic E-state index is 10.9. The van der Waals surface area contributed by atoms with Crippen molar-refractivity contribution in [3.63, 3.8) is 0 Å². The molecule has 0 saturated heterocycles. The van der Waals surface area contributed by atoms with E-state index in [9.17, 15) is 10.1 Å². The molecule has 0 aromatic heterocycles. The molecule has 0 bridgehead atoms. The summed E-state index contributed by atoms with van der Waals surface area (Å²) in [4.78, 5) is 10.7. The highest BCUT2D eigenvalue weighted by Gasteiger charge is 2.27. The zero-order chi connectivity index (χ0) is 12.3. The van der Waals surface area contributed by atoms with Crippen molar-refractivity contribution in [3.05, 3.63) is 39.9 Å². The molecule has 0 heterocycles. The molecule has 0 amide bonds. The molecule has 4 heteroatoms. The molecule has 0 aliphatic heterocycles. The molecule has 1 aromatic carbocycles. The molecule has 2 unspecified atom stereocenters. The molecule has 2 atom stereocenters. The fourth-order valence-corrected chi connectivity index (χ4v) is 2.81. The van der Waals surface area contributed by atoms with Crippen LogP contribution in [-0.4, -0.2) is 18.0 Å². The highest BCUT2D eigenvalue weighted by molar-refractivity contribution is 5.40. The second-order valence-corrected chi connectivity index (χ2v) is 4.68. The standard InChI is InChI=1S/C13H18N2O2/c1-14-12-7-4-6-10(12)9-11-5-2-3-8-13(11)15(16)17/h2-3,5,8,10,12,14H,4,6-7,9H2,1H3. The van der Waals surface area contributed by atoms with E-state index in [1.807, 2.05) is 19.2 Å². The number of hydrogen-bond acceptors (Lipinski definition) is 3. The predicted octanol–water partition coefficient (Wildman–Crippen LogP) is 2.53. The van der Waals surface area contributed by atoms with Gasteiger partial charge in [-0.15, -0.1) is 0 Å². The Labute approximate surface area is 101 Å². The van der Waals surface area contributed by atoms with Crippen molar-refractivity contribution in [2.24, 2.45) is 5.92 Å². The number of nitrogens with one attached hydrogen (secondary N) is 1. The van der Waals surface area contributed by atoms with Gasteiger partial charge in [-0.2, -0.15) is 0 Å². The van der Waals surface area contributed by atoms with Crippen LogP contribution in [0.5, 0.6) is 0 Å². The van der Waals surface area contributed by atoms with Gasteiger partial charge in [0.15, 0.2) is 0 Å². The van der Waals surface area contributed by atoms with Gasteiger partial charge in [-0.05, 0) is 32.2 Å². The molecule has 1 aliphatic carbocycles. The minimum Gasteiger partial charge on any atom is -0.317 e. The highest BCUT2D eigenvalue weighted by atomic mass is 16.6. The van der Waals surface area contributed by atoms with Gasteiger partial charge in [0, 0.05) is 17.7 Å². The van der Waals surface area contributed by atoms with Crippen molar-refractivity contribution in [3.8, 4) is 0 Å². The Bertz CT molecular complexity index is 406. The summed E-state index contributed by atoms with van der Waals surface area (Å²) in [5.74, 6) is 0.529. The van der Waals surface area contributed by atoms with Gasteiger partial charge in [-0.1, -0.05) is 24.6 Å². The van der Waals surface area contributed by atoms with E-state index in [0.29, 0.717) is 12.0 Å². The van der Waals surface area contributed by atoms with Crippen LogP contribution in [0, 0.1) is 16.0 Å². The molecule has 92 valence electrons. The first kappa shape index (κ1) is 12.0. The van der Waals surface area contributed by atoms with Gasteiger partial charge in [0.1, 0.15) is 0 Å². The van der Waals surface area contributed by atoms with Crippen LogP contribution in [0.25, 0.3) is 0 Å². The van der Waals surface area contributed by atoms with Crippen LogP contribution in [0.15, 0.2) is 24.3 Å². The van der Waals surface area contributed by atoms with Gasteiger partial charge in [-0.25, -0.2) is 0 Å². The van der Waals surface area contributed by atoms with Crippen molar-refractivity contribution in [2.45, 2.75) is 31.7 Å². The van der Waals surface area contributed by atoms with Crippen LogP contribution >= 0.6 is 0 Å². The molecule has 4 nitrogen and oxygen atoms in total. The topological polar surface area (TPSA) is 55.2 Å². The summed E-state index contributed by atoms with van der Waals surface area (Å²) in [6.07, 6.45) is 4.37. The monoisotopic (exact) mass is 234 g/mol. The van der Waals surface area contributed by atoms with Crippen molar-refractivity contribution in [1.82, 2.24) is 5.32 Å². The molecular weight excluding hydrogens is 216 g/mol. The van der Waals surface area contributed by atoms with Crippen molar-refractivity contribution >= 4 is 5.69 Å². The predicted molar refractivity (Wildman–Crippen MR) is 67.0 cm³/mol. The lowest BCUT2D eigenvalue weighted by Crippen LogP contribution is -2.30. The van der Waals surface area contributed by atoms with Gasteiger partial charge in [0.05, 0.1) is 4.92 Å². The Kier molecular flexibility index (Phi) is 3.74. The Morgan fingerprint density at radius 1 is 1.41 bits per heavy atom. The highest BCUT2D eigenvalue weighted by Crippen LogP contribution is 2.31. The minimum absolute atomic E-state index is 0.259. The van der Waals surface area contributed by atoms with Crippen LogP contribution in [0.1, 0.15) is 24.8 Å². The molecule has 0 spiro atoms. The molecule has 2 rings (SSSR count). The summed E-state index contributed by atoms with van der Waals surface area (Å²) in [6, 6.07) is 7.59. The van der Waals surface area contributed by atoms with Crippen molar-refractivity contribution in [1.29, 1.82) is 0 Å². The maximum absolute atomic E-state index is 10.9. The summed E-state index contributed by atoms with van der Waals surface area (Å²) in [6.45, 7) is 0. The van der Waals surface area contributed by atoms with Crippen molar-refractivity contribution in [2.75, 3.05) is 7.05 Å². The molecule has 1 fully saturated rings. The fourth-order valence-electron chi connectivity index (χ4n) is 2.81. The third kappa shape index (κ3) is 2.64. The molecule has 1 saturated carbocycles. The lowest BCUT2D eigenvalue weighted by atomic mass is 9.94. The van der Waals surface area contributed by atoms with E-state index in [4.69, 9.17) is 0 Å². The zero-order valence-electron chi connectivity index (χ0n) is 10.1. The van der Waals surface area contributed by atoms with Gasteiger partial charge >= 0.3 is 0 Å². The second-order valence-electron chi connectivity index (χ2n) is 4.68. The van der Waals surface area contributed by atoms with Gasteiger partial charge < -0.3 is 5.32 Å². The molecule has 1 aliphatic rings. The Hall–Kier alpha value is -1.42. The largest absolute Gasteiger partial charge is 0.317 e. The fraction of sp³-hybridized carbons (Fsp3) is 0.538. The first-order valence-electron chi connectivity index (χ1n) is 6.12. The number of para-hydroxylation sites is 1. The van der Waals surface area contributed by atoms with Crippen LogP contribution in [0.2, 0.25) is 0 Å². The average molecular weight is 234 g/mol. The number of hydrogen-bond donors (Lipinski definition) is 1. The van der Waals surface area contributed by atoms with Crippen molar-refractivity contribution < 1.29 is 4.92 Å². The quantitative estimate of drug-likeness (QED) is 0.643. The molecule has 1 N–H and O–H groups in total. The van der Waals surface area contributed by atoms with E-state index >= 15 is 0 Å². The smallest absolute Gasteiger partial charge is 0.272 e. The lowest BCUT2D eigenvalue weighted by Gasteiger charge is -2.18. The summed E-state index contributed by atoms with van der Waals surface area (Å²) in [5.41, 5.74) is 1.12. The first-order valence-corrected chi connectivity index (χ1v) is 6.12. The zero-order valence-corrected chi connectivity index (χ0v) is 10.1. The minimum atomic E-state index is -0.279. The van der Waals surface area contributed by atoms with E-state index in [1.165, 1.54) is 12.8 Å². The van der Waals surface area contributed by atoms with Gasteiger partial charge in [0.2, 0.25) is 0 Å². The summed E-state index contributed by atoms with van der Waals surface area (Å²) >= 11 is 0. The second kappa shape index (κ2) is 5.27. The van der Waals surface area contributed by atoms with Gasteiger partial charge in [-0.3, -0.25) is 10.1 Å². The Balaban J connectivity index is 2.15. The molecule has 0 radical (unpaired) electrons. The third-order valence-electron chi connectivity index (χ3n) is 3.70. The number of nitrogens with zero attached hydrogens (tertiary/aromatic N) is 1. The van der Waals surface area contributed by atoms with E-state index in [2.05, 4.69) is 5.32 Å². The summed E-state index contributed by atoms with van der Waals surface area (Å²) < 4.78 is 0. The molecule has 17 heavy (non-hydrogen) atoms. The number of benzene rings is 1. The third-order valence-corrected chi connectivity index (χ3v) is 3.70. The van der Waals surface area contributed by atoms with E-state index < -0.39 is 0 Å². The van der Waals surface area contributed by atoms with E-state index in [1.54, 1.807) is 12.1 Å². The molecule has 1 aromatic rings. The van der Waals surface area contributed by atoms with E-state index in [-0.39, 0.29) is 10.6 Å². The first-order chi connectivity index (χ1) is 8.22. The summed E-state index contributed by atoms with van der Waals surface area (Å²) in [5, 5.41) is 14.2. The van der Waals surface area contributed by atoms with Crippen LogP contribution in [0.4, 0.5) is 5.69 Å². The van der Waals surface area contributed by atoms with Crippen LogP contribution in [-0.2, 0) is 6.42 Å². The van der Waals surface area contributed by atoms with Crippen LogP contribution < -0.4 is 5.32 Å². The SMILES string of the molecule is CNC1CCCC1Cc1ccccc1[N+](=O)[O-]. The Morgan fingerprint density at radius 2 is 2.18 bits per heavy atom. The Morgan fingerprint density at radius 3 is 2.88 bits per heavy atom. The average Bonchev–Trinajstić information content (AvgIpc) is 2.77. The summed E-state index contributed by atoms with van der Waals surface area (Å²) in [7, 11) is 1.97. The number of rotatable bonds is 4. The van der Waals surface area contributed by atoms with Crippen LogP contribution in [0.3, 0.4) is 0 Å². The van der Waals surface area contributed by atoms with E-state index in [0.717, 1.165) is 18.4 Å². The van der Waals surface area contributed by atoms with Gasteiger partial charge in [0.25, 0.3) is 5.69 Å². The number of nitro groups is 1. The number of nitro benzene ring substituents is 1. The normalized spacial score (nSPS) is 23.8. The maximum Gasteiger partial charge on any atom is 0.272 e. The molecular formula is C13H18N2O2. The lowest BCUT2D eigenvalue weighted by molar-refractivity contribution is -0.385.